The summed E-state index contributed by atoms with van der Waals surface area (Å²) in [6.45, 7) is 2.25. The summed E-state index contributed by atoms with van der Waals surface area (Å²) in [4.78, 5) is 15.3. The molecule has 1 saturated heterocycles. The fraction of sp³-hybridized carbons (Fsp3) is 0.682. The molecule has 3 N–H and O–H groups in total. The van der Waals surface area contributed by atoms with Crippen LogP contribution in [-0.4, -0.2) is 25.0 Å². The van der Waals surface area contributed by atoms with Gasteiger partial charge in [-0.15, -0.1) is 24.8 Å². The lowest BCUT2D eigenvalue weighted by molar-refractivity contribution is -0.122. The van der Waals surface area contributed by atoms with E-state index in [0.717, 1.165) is 31.6 Å². The number of carbonyl (C=O) groups excluding carboxylic acids is 1. The molecule has 158 valence electrons. The van der Waals surface area contributed by atoms with Gasteiger partial charge in [0.15, 0.2) is 0 Å². The van der Waals surface area contributed by atoms with E-state index >= 15 is 0 Å². The second-order valence-corrected chi connectivity index (χ2v) is 8.64. The van der Waals surface area contributed by atoms with Crippen molar-refractivity contribution in [2.24, 2.45) is 23.5 Å². The highest BCUT2D eigenvalue weighted by Gasteiger charge is 2.40. The highest BCUT2D eigenvalue weighted by Crippen LogP contribution is 2.42. The van der Waals surface area contributed by atoms with E-state index in [1.54, 1.807) is 0 Å². The minimum absolute atomic E-state index is 0. The Labute approximate surface area is 181 Å². The number of halogens is 2. The minimum atomic E-state index is 0. The van der Waals surface area contributed by atoms with Crippen LogP contribution in [0.2, 0.25) is 0 Å². The number of nitrogens with one attached hydrogen (secondary N) is 1. The molecule has 0 spiro atoms. The second kappa shape index (κ2) is 10.7. The zero-order valence-corrected chi connectivity index (χ0v) is 18.3. The molecule has 1 heterocycles. The van der Waals surface area contributed by atoms with E-state index in [-0.39, 0.29) is 36.6 Å². The topological polar surface area (TPSA) is 58.4 Å². The number of nitrogens with two attached hydrogens (primary N) is 1. The largest absolute Gasteiger partial charge is 0.371 e. The molecule has 0 aromatic heterocycles. The van der Waals surface area contributed by atoms with E-state index in [0.29, 0.717) is 17.9 Å². The third kappa shape index (κ3) is 5.34. The molecule has 2 saturated carbocycles. The average Bonchev–Trinajstić information content (AvgIpc) is 2.91. The molecule has 2 aliphatic carbocycles. The number of benzene rings is 1. The standard InChI is InChI=1S/C22H33N3O.2ClH/c23-21-16-7-5-8-17(21)14-18(13-16)22(26)24-19-9-6-10-20(15-19)25-11-3-1-2-4-12-25;;/h6,9-10,15-18,21H,1-5,7-8,11-14,23H2,(H,24,26);2*1H. The lowest BCUT2D eigenvalue weighted by Crippen LogP contribution is -2.48. The summed E-state index contributed by atoms with van der Waals surface area (Å²) in [6.07, 6.45) is 10.8. The lowest BCUT2D eigenvalue weighted by atomic mass is 9.65. The van der Waals surface area contributed by atoms with Gasteiger partial charge >= 0.3 is 0 Å². The van der Waals surface area contributed by atoms with E-state index in [9.17, 15) is 4.79 Å². The molecule has 4 nitrogen and oxygen atoms in total. The van der Waals surface area contributed by atoms with Crippen LogP contribution in [0.1, 0.15) is 57.8 Å². The second-order valence-electron chi connectivity index (χ2n) is 8.64. The zero-order valence-electron chi connectivity index (χ0n) is 16.6. The van der Waals surface area contributed by atoms with Gasteiger partial charge in [0.25, 0.3) is 0 Å². The first kappa shape index (κ1) is 23.3. The Morgan fingerprint density at radius 2 is 1.61 bits per heavy atom. The highest BCUT2D eigenvalue weighted by atomic mass is 35.5. The molecule has 1 aromatic rings. The van der Waals surface area contributed by atoms with E-state index in [2.05, 4.69) is 28.4 Å². The zero-order chi connectivity index (χ0) is 17.9. The SMILES string of the molecule is Cl.Cl.NC1C2CCCC1CC(C(=O)Nc1cccc(N3CCCCCC3)c1)C2. The number of anilines is 2. The van der Waals surface area contributed by atoms with Gasteiger partial charge < -0.3 is 16.0 Å². The number of hydrogen-bond donors (Lipinski definition) is 2. The molecule has 28 heavy (non-hydrogen) atoms. The fourth-order valence-electron chi connectivity index (χ4n) is 5.36. The van der Waals surface area contributed by atoms with Crippen molar-refractivity contribution in [2.45, 2.75) is 63.8 Å². The summed E-state index contributed by atoms with van der Waals surface area (Å²) in [5.74, 6) is 1.41. The molecule has 1 amide bonds. The number of carbonyl (C=O) groups is 1. The maximum absolute atomic E-state index is 12.9. The Hall–Kier alpha value is -0.970. The van der Waals surface area contributed by atoms with Gasteiger partial charge in [0.05, 0.1) is 0 Å². The van der Waals surface area contributed by atoms with Crippen LogP contribution in [-0.2, 0) is 4.79 Å². The van der Waals surface area contributed by atoms with Crippen LogP contribution < -0.4 is 16.0 Å². The van der Waals surface area contributed by atoms with Gasteiger partial charge in [-0.1, -0.05) is 25.3 Å². The normalized spacial score (nSPS) is 29.7. The molecular formula is C22H35Cl2N3O. The Morgan fingerprint density at radius 3 is 2.25 bits per heavy atom. The summed E-state index contributed by atoms with van der Waals surface area (Å²) < 4.78 is 0. The Bertz CT molecular complexity index is 620. The summed E-state index contributed by atoms with van der Waals surface area (Å²) in [7, 11) is 0. The van der Waals surface area contributed by atoms with Crippen LogP contribution in [0.3, 0.4) is 0 Å². The van der Waals surface area contributed by atoms with Crippen LogP contribution >= 0.6 is 24.8 Å². The van der Waals surface area contributed by atoms with Crippen LogP contribution in [0.4, 0.5) is 11.4 Å². The van der Waals surface area contributed by atoms with E-state index in [1.807, 2.05) is 6.07 Å². The number of hydrogen-bond acceptors (Lipinski definition) is 3. The monoisotopic (exact) mass is 427 g/mol. The summed E-state index contributed by atoms with van der Waals surface area (Å²) in [6, 6.07) is 8.73. The van der Waals surface area contributed by atoms with Gasteiger partial charge in [0, 0.05) is 36.4 Å². The molecule has 6 heteroatoms. The predicted molar refractivity (Wildman–Crippen MR) is 122 cm³/mol. The Kier molecular flexibility index (Phi) is 8.91. The summed E-state index contributed by atoms with van der Waals surface area (Å²) >= 11 is 0. The molecule has 1 aliphatic heterocycles. The van der Waals surface area contributed by atoms with Gasteiger partial charge in [-0.05, 0) is 68.6 Å². The van der Waals surface area contributed by atoms with Crippen LogP contribution in [0.15, 0.2) is 24.3 Å². The highest BCUT2D eigenvalue weighted by molar-refractivity contribution is 5.93. The average molecular weight is 428 g/mol. The molecule has 3 aliphatic rings. The van der Waals surface area contributed by atoms with Crippen molar-refractivity contribution in [1.29, 1.82) is 0 Å². The van der Waals surface area contributed by atoms with E-state index in [1.165, 1.54) is 50.6 Å². The van der Waals surface area contributed by atoms with Crippen molar-refractivity contribution in [3.63, 3.8) is 0 Å². The maximum Gasteiger partial charge on any atom is 0.227 e. The third-order valence-corrected chi connectivity index (χ3v) is 6.87. The van der Waals surface area contributed by atoms with Gasteiger partial charge in [0.2, 0.25) is 5.91 Å². The minimum Gasteiger partial charge on any atom is -0.371 e. The van der Waals surface area contributed by atoms with Gasteiger partial charge in [0.1, 0.15) is 0 Å². The first-order valence-electron chi connectivity index (χ1n) is 10.6. The molecule has 4 rings (SSSR count). The molecule has 2 unspecified atom stereocenters. The number of fused-ring (bicyclic) bond motifs is 2. The van der Waals surface area contributed by atoms with Gasteiger partial charge in [-0.2, -0.15) is 0 Å². The maximum atomic E-state index is 12.9. The first-order chi connectivity index (χ1) is 12.7. The van der Waals surface area contributed by atoms with Crippen LogP contribution in [0.25, 0.3) is 0 Å². The molecule has 2 atom stereocenters. The van der Waals surface area contributed by atoms with Crippen molar-refractivity contribution < 1.29 is 4.79 Å². The molecule has 0 radical (unpaired) electrons. The first-order valence-corrected chi connectivity index (χ1v) is 10.6. The molecular weight excluding hydrogens is 393 g/mol. The van der Waals surface area contributed by atoms with Crippen molar-refractivity contribution in [3.05, 3.63) is 24.3 Å². The summed E-state index contributed by atoms with van der Waals surface area (Å²) in [5.41, 5.74) is 8.56. The van der Waals surface area contributed by atoms with E-state index < -0.39 is 0 Å². The molecule has 3 fully saturated rings. The number of nitrogens with zero attached hydrogens (tertiary/aromatic N) is 1. The molecule has 1 aromatic carbocycles. The quantitative estimate of drug-likeness (QED) is 0.712. The number of rotatable bonds is 3. The lowest BCUT2D eigenvalue weighted by Gasteiger charge is -2.43. The van der Waals surface area contributed by atoms with Crippen molar-refractivity contribution in [3.8, 4) is 0 Å². The van der Waals surface area contributed by atoms with Crippen molar-refractivity contribution in [2.75, 3.05) is 23.3 Å². The summed E-state index contributed by atoms with van der Waals surface area (Å²) in [5, 5.41) is 3.20. The number of amides is 1. The third-order valence-electron chi connectivity index (χ3n) is 6.87. The van der Waals surface area contributed by atoms with Crippen LogP contribution in [0.5, 0.6) is 0 Å². The predicted octanol–water partition coefficient (Wildman–Crippen LogP) is 5.00. The van der Waals surface area contributed by atoms with E-state index in [4.69, 9.17) is 5.73 Å². The fourth-order valence-corrected chi connectivity index (χ4v) is 5.36. The van der Waals surface area contributed by atoms with Gasteiger partial charge in [-0.3, -0.25) is 4.79 Å². The van der Waals surface area contributed by atoms with Crippen molar-refractivity contribution >= 4 is 42.1 Å². The van der Waals surface area contributed by atoms with Crippen LogP contribution in [0, 0.1) is 17.8 Å². The van der Waals surface area contributed by atoms with Crippen molar-refractivity contribution in [1.82, 2.24) is 0 Å². The Morgan fingerprint density at radius 1 is 0.964 bits per heavy atom. The van der Waals surface area contributed by atoms with Gasteiger partial charge in [-0.25, -0.2) is 0 Å². The Balaban J connectivity index is 0.00000140. The smallest absolute Gasteiger partial charge is 0.227 e. The molecule has 2 bridgehead atoms.